The van der Waals surface area contributed by atoms with Gasteiger partial charge in [0.15, 0.2) is 6.54 Å². The summed E-state index contributed by atoms with van der Waals surface area (Å²) in [7, 11) is 0. The number of carboxylic acids is 1. The lowest BCUT2D eigenvalue weighted by Gasteiger charge is -1.94. The van der Waals surface area contributed by atoms with Gasteiger partial charge in [0.05, 0.1) is 12.0 Å². The lowest BCUT2D eigenvalue weighted by Crippen LogP contribution is -2.35. The van der Waals surface area contributed by atoms with Crippen molar-refractivity contribution in [1.29, 1.82) is 0 Å². The van der Waals surface area contributed by atoms with Gasteiger partial charge in [-0.3, -0.25) is 0 Å². The molecule has 1 N–H and O–H groups in total. The van der Waals surface area contributed by atoms with Crippen LogP contribution in [-0.4, -0.2) is 17.4 Å². The molecule has 2 aromatic rings. The predicted octanol–water partition coefficient (Wildman–Crippen LogP) is 1.78. The molecule has 0 saturated heterocycles. The molecule has 0 bridgehead atoms. The van der Waals surface area contributed by atoms with Crippen LogP contribution in [0.25, 0.3) is 10.2 Å². The van der Waals surface area contributed by atoms with Crippen molar-refractivity contribution in [3.63, 3.8) is 0 Å². The zero-order valence-corrected chi connectivity index (χ0v) is 10.2. The van der Waals surface area contributed by atoms with Gasteiger partial charge >= 0.3 is 5.97 Å². The third kappa shape index (κ3) is 2.19. The van der Waals surface area contributed by atoms with E-state index in [1.807, 2.05) is 11.5 Å². The summed E-state index contributed by atoms with van der Waals surface area (Å²) in [4.78, 5) is 21.3. The van der Waals surface area contributed by atoms with Crippen LogP contribution in [0.15, 0.2) is 18.2 Å². The fraction of sp³-hybridized carbons (Fsp3) is 0.250. The van der Waals surface area contributed by atoms with Crippen molar-refractivity contribution >= 4 is 33.8 Å². The van der Waals surface area contributed by atoms with Crippen LogP contribution in [0.5, 0.6) is 0 Å². The third-order valence-corrected chi connectivity index (χ3v) is 3.67. The summed E-state index contributed by atoms with van der Waals surface area (Å²) in [6.45, 7) is 2.61. The average molecular weight is 250 g/mol. The maximum absolute atomic E-state index is 10.9. The Balaban J connectivity index is 2.52. The molecule has 88 valence electrons. The van der Waals surface area contributed by atoms with Crippen LogP contribution < -0.4 is 4.57 Å². The zero-order valence-electron chi connectivity index (χ0n) is 9.34. The van der Waals surface area contributed by atoms with Gasteiger partial charge in [0.25, 0.3) is 0 Å². The van der Waals surface area contributed by atoms with Crippen molar-refractivity contribution in [2.75, 3.05) is 0 Å². The number of aromatic nitrogens is 1. The Bertz CT molecular complexity index is 589. The van der Waals surface area contributed by atoms with Crippen molar-refractivity contribution in [1.82, 2.24) is 0 Å². The first kappa shape index (κ1) is 11.7. The highest BCUT2D eigenvalue weighted by Crippen LogP contribution is 2.21. The number of nitrogens with zero attached hydrogens (tertiary/aromatic N) is 1. The minimum Gasteiger partial charge on any atom is -0.478 e. The molecule has 1 aromatic carbocycles. The van der Waals surface area contributed by atoms with E-state index in [1.54, 1.807) is 29.5 Å². The van der Waals surface area contributed by atoms with Gasteiger partial charge in [0.1, 0.15) is 11.0 Å². The number of hydrogen-bond donors (Lipinski definition) is 1. The highest BCUT2D eigenvalue weighted by molar-refractivity contribution is 7.18. The van der Waals surface area contributed by atoms with Gasteiger partial charge in [-0.1, -0.05) is 11.3 Å². The Morgan fingerprint density at radius 2 is 2.29 bits per heavy atom. The second kappa shape index (κ2) is 4.63. The quantitative estimate of drug-likeness (QED) is 0.664. The van der Waals surface area contributed by atoms with Crippen molar-refractivity contribution in [3.05, 3.63) is 28.8 Å². The molecule has 0 aliphatic carbocycles. The molecule has 5 heteroatoms. The highest BCUT2D eigenvalue weighted by Gasteiger charge is 2.17. The Kier molecular flexibility index (Phi) is 3.19. The number of carboxylic acid groups (broad SMARTS) is 1. The first-order valence-corrected chi connectivity index (χ1v) is 6.05. The molecule has 0 radical (unpaired) electrons. The van der Waals surface area contributed by atoms with E-state index in [9.17, 15) is 9.59 Å². The molecule has 17 heavy (non-hydrogen) atoms. The molecule has 0 aliphatic rings. The monoisotopic (exact) mass is 250 g/mol. The summed E-state index contributed by atoms with van der Waals surface area (Å²) >= 11 is 1.54. The number of aldehydes is 1. The molecule has 0 aliphatic heterocycles. The Hall–Kier alpha value is -1.75. The summed E-state index contributed by atoms with van der Waals surface area (Å²) in [6, 6.07) is 5.06. The minimum absolute atomic E-state index is 0.293. The van der Waals surface area contributed by atoms with E-state index < -0.39 is 5.97 Å². The highest BCUT2D eigenvalue weighted by atomic mass is 32.1. The summed E-state index contributed by atoms with van der Waals surface area (Å²) in [6.07, 6.45) is 1.36. The molecule has 0 spiro atoms. The predicted molar refractivity (Wildman–Crippen MR) is 64.4 cm³/mol. The molecule has 4 nitrogen and oxygen atoms in total. The second-order valence-corrected chi connectivity index (χ2v) is 4.95. The van der Waals surface area contributed by atoms with Gasteiger partial charge in [0.2, 0.25) is 10.5 Å². The van der Waals surface area contributed by atoms with Gasteiger partial charge in [-0.15, -0.1) is 0 Å². The number of aryl methyl sites for hydroxylation is 2. The minimum atomic E-state index is -0.919. The number of fused-ring (bicyclic) bond motifs is 1. The molecule has 2 rings (SSSR count). The summed E-state index contributed by atoms with van der Waals surface area (Å²) in [5.74, 6) is -0.919. The third-order valence-electron chi connectivity index (χ3n) is 2.61. The van der Waals surface area contributed by atoms with Gasteiger partial charge in [-0.2, -0.15) is 4.57 Å². The largest absolute Gasteiger partial charge is 0.478 e. The zero-order chi connectivity index (χ0) is 12.4. The van der Waals surface area contributed by atoms with Crippen LogP contribution in [0.1, 0.15) is 21.8 Å². The van der Waals surface area contributed by atoms with Crippen LogP contribution >= 0.6 is 11.3 Å². The first-order chi connectivity index (χ1) is 8.13. The number of carbonyl (C=O) groups excluding carboxylic acids is 1. The van der Waals surface area contributed by atoms with E-state index in [1.165, 1.54) is 0 Å². The Labute approximate surface area is 102 Å². The Morgan fingerprint density at radius 3 is 2.94 bits per heavy atom. The second-order valence-electron chi connectivity index (χ2n) is 3.72. The SMILES string of the molecule is Cc1sc2cc(C(=O)O)ccc2[n+]1CCC=O. The van der Waals surface area contributed by atoms with E-state index in [-0.39, 0.29) is 0 Å². The number of carbonyl (C=O) groups is 2. The lowest BCUT2D eigenvalue weighted by atomic mass is 10.2. The van der Waals surface area contributed by atoms with Crippen molar-refractivity contribution in [2.24, 2.45) is 0 Å². The maximum Gasteiger partial charge on any atom is 0.335 e. The molecule has 0 amide bonds. The number of benzene rings is 1. The van der Waals surface area contributed by atoms with Crippen LogP contribution in [0.4, 0.5) is 0 Å². The fourth-order valence-corrected chi connectivity index (χ4v) is 2.88. The number of aromatic carboxylic acids is 1. The normalized spacial score (nSPS) is 10.6. The number of hydrogen-bond acceptors (Lipinski definition) is 3. The topological polar surface area (TPSA) is 58.2 Å². The van der Waals surface area contributed by atoms with E-state index in [2.05, 4.69) is 0 Å². The summed E-state index contributed by atoms with van der Waals surface area (Å²) in [5.41, 5.74) is 1.28. The molecule has 0 fully saturated rings. The lowest BCUT2D eigenvalue weighted by molar-refractivity contribution is -0.671. The van der Waals surface area contributed by atoms with Gasteiger partial charge in [0, 0.05) is 13.0 Å². The van der Waals surface area contributed by atoms with Gasteiger partial charge in [-0.25, -0.2) is 4.79 Å². The van der Waals surface area contributed by atoms with Crippen molar-refractivity contribution < 1.29 is 19.3 Å². The molecule has 0 atom stereocenters. The molecular weight excluding hydrogens is 238 g/mol. The fourth-order valence-electron chi connectivity index (χ4n) is 1.80. The average Bonchev–Trinajstić information content (AvgIpc) is 2.61. The summed E-state index contributed by atoms with van der Waals surface area (Å²) < 4.78 is 2.98. The molecule has 0 unspecified atom stereocenters. The van der Waals surface area contributed by atoms with E-state index in [4.69, 9.17) is 5.11 Å². The van der Waals surface area contributed by atoms with E-state index in [0.717, 1.165) is 21.5 Å². The molecular formula is C12H12NO3S+. The molecule has 1 aromatic heterocycles. The summed E-state index contributed by atoms with van der Waals surface area (Å²) in [5, 5.41) is 9.99. The smallest absolute Gasteiger partial charge is 0.335 e. The van der Waals surface area contributed by atoms with Crippen LogP contribution in [-0.2, 0) is 11.3 Å². The maximum atomic E-state index is 10.9. The van der Waals surface area contributed by atoms with Crippen molar-refractivity contribution in [2.45, 2.75) is 19.9 Å². The Morgan fingerprint density at radius 1 is 1.53 bits per heavy atom. The van der Waals surface area contributed by atoms with E-state index in [0.29, 0.717) is 18.5 Å². The van der Waals surface area contributed by atoms with Crippen molar-refractivity contribution in [3.8, 4) is 0 Å². The number of thiazole rings is 1. The standard InChI is InChI=1S/C12H11NO3S/c1-8-13(5-2-6-14)10-4-3-9(12(15)16)7-11(10)17-8/h3-4,6-7H,2,5H2,1H3/p+1. The first-order valence-electron chi connectivity index (χ1n) is 5.23. The van der Waals surface area contributed by atoms with Crippen LogP contribution in [0.3, 0.4) is 0 Å². The van der Waals surface area contributed by atoms with Gasteiger partial charge < -0.3 is 9.90 Å². The number of rotatable bonds is 4. The van der Waals surface area contributed by atoms with Gasteiger partial charge in [-0.05, 0) is 12.1 Å². The molecule has 0 saturated carbocycles. The van der Waals surface area contributed by atoms with E-state index >= 15 is 0 Å². The molecule has 1 heterocycles. The van der Waals surface area contributed by atoms with Crippen LogP contribution in [0.2, 0.25) is 0 Å². The van der Waals surface area contributed by atoms with Crippen LogP contribution in [0, 0.1) is 6.92 Å².